The monoisotopic (exact) mass is 312 g/mol. The molecule has 0 unspecified atom stereocenters. The summed E-state index contributed by atoms with van der Waals surface area (Å²) in [6, 6.07) is 0. The zero-order valence-electron chi connectivity index (χ0n) is 14.6. The maximum Gasteiger partial charge on any atom is 0.303 e. The Kier molecular flexibility index (Phi) is 12.5. The van der Waals surface area contributed by atoms with Crippen LogP contribution in [0.4, 0.5) is 0 Å². The summed E-state index contributed by atoms with van der Waals surface area (Å²) in [5.41, 5.74) is 0. The SMILES string of the molecule is CCCCC/C=C/[C@@H](OC(C)=O)[C@@H](CCCCC)OC(C)=O. The van der Waals surface area contributed by atoms with Gasteiger partial charge in [0.25, 0.3) is 0 Å². The number of allylic oxidation sites excluding steroid dienone is 1. The molecule has 0 radical (unpaired) electrons. The van der Waals surface area contributed by atoms with Gasteiger partial charge in [-0.1, -0.05) is 45.6 Å². The van der Waals surface area contributed by atoms with Crippen molar-refractivity contribution in [3.05, 3.63) is 12.2 Å². The minimum Gasteiger partial charge on any atom is -0.458 e. The Labute approximate surface area is 135 Å². The molecule has 0 spiro atoms. The van der Waals surface area contributed by atoms with Crippen molar-refractivity contribution in [2.24, 2.45) is 0 Å². The minimum atomic E-state index is -0.486. The Hall–Kier alpha value is -1.32. The van der Waals surface area contributed by atoms with E-state index in [2.05, 4.69) is 13.8 Å². The molecule has 0 heterocycles. The Balaban J connectivity index is 4.70. The topological polar surface area (TPSA) is 52.6 Å². The van der Waals surface area contributed by atoms with Crippen molar-refractivity contribution in [2.75, 3.05) is 0 Å². The molecule has 0 aliphatic heterocycles. The molecule has 128 valence electrons. The predicted molar refractivity (Wildman–Crippen MR) is 88.5 cm³/mol. The number of carbonyl (C=O) groups excluding carboxylic acids is 2. The van der Waals surface area contributed by atoms with Crippen LogP contribution in [0, 0.1) is 0 Å². The fraction of sp³-hybridized carbons (Fsp3) is 0.778. The van der Waals surface area contributed by atoms with Crippen molar-refractivity contribution in [1.29, 1.82) is 0 Å². The van der Waals surface area contributed by atoms with Gasteiger partial charge in [0.05, 0.1) is 0 Å². The fourth-order valence-electron chi connectivity index (χ4n) is 2.27. The molecule has 0 N–H and O–H groups in total. The molecule has 0 saturated carbocycles. The summed E-state index contributed by atoms with van der Waals surface area (Å²) in [6.07, 6.45) is 11.3. The molecule has 0 bridgehead atoms. The number of unbranched alkanes of at least 4 members (excludes halogenated alkanes) is 5. The largest absolute Gasteiger partial charge is 0.458 e. The van der Waals surface area contributed by atoms with Gasteiger partial charge in [-0.2, -0.15) is 0 Å². The molecule has 0 aliphatic rings. The third kappa shape index (κ3) is 11.4. The normalized spacial score (nSPS) is 13.8. The van der Waals surface area contributed by atoms with E-state index >= 15 is 0 Å². The second-order valence-corrected chi connectivity index (χ2v) is 5.64. The zero-order valence-corrected chi connectivity index (χ0v) is 14.6. The van der Waals surface area contributed by atoms with Gasteiger partial charge in [0.2, 0.25) is 0 Å². The molecular weight excluding hydrogens is 280 g/mol. The van der Waals surface area contributed by atoms with Crippen molar-refractivity contribution >= 4 is 11.9 Å². The van der Waals surface area contributed by atoms with Crippen molar-refractivity contribution in [3.8, 4) is 0 Å². The number of hydrogen-bond donors (Lipinski definition) is 0. The lowest BCUT2D eigenvalue weighted by atomic mass is 10.0. The van der Waals surface area contributed by atoms with Gasteiger partial charge in [-0.3, -0.25) is 9.59 Å². The molecule has 0 aromatic heterocycles. The average molecular weight is 312 g/mol. The van der Waals surface area contributed by atoms with Gasteiger partial charge in [-0.25, -0.2) is 0 Å². The summed E-state index contributed by atoms with van der Waals surface area (Å²) < 4.78 is 10.7. The fourth-order valence-corrected chi connectivity index (χ4v) is 2.27. The van der Waals surface area contributed by atoms with Gasteiger partial charge in [0.15, 0.2) is 6.10 Å². The molecule has 0 aromatic carbocycles. The summed E-state index contributed by atoms with van der Waals surface area (Å²) >= 11 is 0. The molecule has 4 nitrogen and oxygen atoms in total. The number of esters is 2. The van der Waals surface area contributed by atoms with E-state index in [9.17, 15) is 9.59 Å². The molecule has 2 atom stereocenters. The molecule has 22 heavy (non-hydrogen) atoms. The van der Waals surface area contributed by atoms with Gasteiger partial charge in [-0.05, 0) is 31.8 Å². The first kappa shape index (κ1) is 20.7. The van der Waals surface area contributed by atoms with E-state index in [0.29, 0.717) is 6.42 Å². The Bertz CT molecular complexity index is 336. The molecule has 0 aliphatic carbocycles. The second-order valence-electron chi connectivity index (χ2n) is 5.64. The third-order valence-corrected chi connectivity index (χ3v) is 3.38. The Morgan fingerprint density at radius 1 is 0.909 bits per heavy atom. The molecule has 0 amide bonds. The Morgan fingerprint density at radius 2 is 1.50 bits per heavy atom. The molecule has 4 heteroatoms. The van der Waals surface area contributed by atoms with Crippen LogP contribution in [0.15, 0.2) is 12.2 Å². The van der Waals surface area contributed by atoms with E-state index in [1.54, 1.807) is 0 Å². The smallest absolute Gasteiger partial charge is 0.303 e. The Morgan fingerprint density at radius 3 is 2.05 bits per heavy atom. The van der Waals surface area contributed by atoms with Crippen LogP contribution in [0.1, 0.15) is 79.1 Å². The van der Waals surface area contributed by atoms with Crippen molar-refractivity contribution < 1.29 is 19.1 Å². The first-order valence-corrected chi connectivity index (χ1v) is 8.52. The van der Waals surface area contributed by atoms with Crippen LogP contribution in [-0.4, -0.2) is 24.1 Å². The van der Waals surface area contributed by atoms with E-state index in [0.717, 1.165) is 32.1 Å². The average Bonchev–Trinajstić information content (AvgIpc) is 2.44. The zero-order chi connectivity index (χ0) is 16.8. The van der Waals surface area contributed by atoms with E-state index in [4.69, 9.17) is 9.47 Å². The van der Waals surface area contributed by atoms with E-state index in [-0.39, 0.29) is 11.9 Å². The highest BCUT2D eigenvalue weighted by atomic mass is 16.6. The van der Waals surface area contributed by atoms with Crippen molar-refractivity contribution in [3.63, 3.8) is 0 Å². The lowest BCUT2D eigenvalue weighted by Crippen LogP contribution is -2.33. The van der Waals surface area contributed by atoms with Crippen LogP contribution in [0.5, 0.6) is 0 Å². The molecular formula is C18H32O4. The molecule has 0 aromatic rings. The first-order chi connectivity index (χ1) is 10.5. The highest BCUT2D eigenvalue weighted by Gasteiger charge is 2.24. The predicted octanol–water partition coefficient (Wildman–Crippen LogP) is 4.57. The summed E-state index contributed by atoms with van der Waals surface area (Å²) in [5, 5.41) is 0. The van der Waals surface area contributed by atoms with E-state index in [1.807, 2.05) is 12.2 Å². The van der Waals surface area contributed by atoms with Crippen LogP contribution in [0.2, 0.25) is 0 Å². The van der Waals surface area contributed by atoms with Gasteiger partial charge < -0.3 is 9.47 Å². The van der Waals surface area contributed by atoms with E-state index in [1.165, 1.54) is 26.7 Å². The summed E-state index contributed by atoms with van der Waals surface area (Å²) in [5.74, 6) is -0.686. The molecule has 0 fully saturated rings. The summed E-state index contributed by atoms with van der Waals surface area (Å²) in [7, 11) is 0. The summed E-state index contributed by atoms with van der Waals surface area (Å²) in [4.78, 5) is 22.6. The number of hydrogen-bond acceptors (Lipinski definition) is 4. The van der Waals surface area contributed by atoms with Crippen molar-refractivity contribution in [2.45, 2.75) is 91.3 Å². The quantitative estimate of drug-likeness (QED) is 0.301. The third-order valence-electron chi connectivity index (χ3n) is 3.38. The minimum absolute atomic E-state index is 0.335. The maximum absolute atomic E-state index is 11.3. The van der Waals surface area contributed by atoms with Crippen LogP contribution in [-0.2, 0) is 19.1 Å². The van der Waals surface area contributed by atoms with Crippen LogP contribution < -0.4 is 0 Å². The maximum atomic E-state index is 11.3. The van der Waals surface area contributed by atoms with Crippen LogP contribution >= 0.6 is 0 Å². The van der Waals surface area contributed by atoms with Crippen LogP contribution in [0.3, 0.4) is 0 Å². The van der Waals surface area contributed by atoms with Gasteiger partial charge in [0, 0.05) is 13.8 Å². The van der Waals surface area contributed by atoms with Gasteiger partial charge >= 0.3 is 11.9 Å². The second kappa shape index (κ2) is 13.4. The highest BCUT2D eigenvalue weighted by molar-refractivity contribution is 5.67. The molecule has 0 rings (SSSR count). The molecule has 0 saturated heterocycles. The summed E-state index contributed by atoms with van der Waals surface area (Å²) in [6.45, 7) is 7.06. The lowest BCUT2D eigenvalue weighted by molar-refractivity contribution is -0.162. The van der Waals surface area contributed by atoms with Crippen molar-refractivity contribution in [1.82, 2.24) is 0 Å². The van der Waals surface area contributed by atoms with E-state index < -0.39 is 12.2 Å². The number of ether oxygens (including phenoxy) is 2. The first-order valence-electron chi connectivity index (χ1n) is 8.52. The number of rotatable bonds is 12. The lowest BCUT2D eigenvalue weighted by Gasteiger charge is -2.24. The number of carbonyl (C=O) groups is 2. The van der Waals surface area contributed by atoms with Gasteiger partial charge in [-0.15, -0.1) is 0 Å². The van der Waals surface area contributed by atoms with Gasteiger partial charge in [0.1, 0.15) is 6.10 Å². The highest BCUT2D eigenvalue weighted by Crippen LogP contribution is 2.16. The standard InChI is InChI=1S/C18H32O4/c1-5-7-9-10-12-14-18(22-16(4)20)17(21-15(3)19)13-11-8-6-2/h12,14,17-18H,5-11,13H2,1-4H3/b14-12+/t17-,18-/m1/s1. The van der Waals surface area contributed by atoms with Crippen LogP contribution in [0.25, 0.3) is 0 Å².